The van der Waals surface area contributed by atoms with E-state index in [4.69, 9.17) is 0 Å². The molecule has 2 N–H and O–H groups in total. The Kier molecular flexibility index (Phi) is 6.19. The van der Waals surface area contributed by atoms with Gasteiger partial charge in [0.05, 0.1) is 5.60 Å². The molecule has 1 aromatic carbocycles. The highest BCUT2D eigenvalue weighted by molar-refractivity contribution is 7.99. The van der Waals surface area contributed by atoms with E-state index in [2.05, 4.69) is 43.4 Å². The molecule has 0 fully saturated rings. The zero-order chi connectivity index (χ0) is 13.6. The number of aliphatic hydroxyl groups is 1. The second kappa shape index (κ2) is 7.17. The highest BCUT2D eigenvalue weighted by atomic mass is 32.2. The van der Waals surface area contributed by atoms with E-state index in [9.17, 15) is 5.11 Å². The first-order valence-electron chi connectivity index (χ1n) is 6.61. The van der Waals surface area contributed by atoms with Gasteiger partial charge in [-0.05, 0) is 51.4 Å². The molecule has 18 heavy (non-hydrogen) atoms. The van der Waals surface area contributed by atoms with E-state index in [0.717, 1.165) is 18.7 Å². The molecule has 1 atom stereocenters. The number of benzene rings is 1. The summed E-state index contributed by atoms with van der Waals surface area (Å²) in [7, 11) is 0. The van der Waals surface area contributed by atoms with Gasteiger partial charge in [0.2, 0.25) is 0 Å². The summed E-state index contributed by atoms with van der Waals surface area (Å²) in [5.41, 5.74) is 0.760. The SMILES string of the molecule is CCNC(C)c1ccc(SCCC(C)(C)O)cc1. The quantitative estimate of drug-likeness (QED) is 0.740. The van der Waals surface area contributed by atoms with Crippen LogP contribution in [0.3, 0.4) is 0 Å². The molecule has 102 valence electrons. The van der Waals surface area contributed by atoms with Crippen LogP contribution < -0.4 is 5.32 Å². The van der Waals surface area contributed by atoms with Gasteiger partial charge in [-0.3, -0.25) is 0 Å². The van der Waals surface area contributed by atoms with Crippen molar-refractivity contribution >= 4 is 11.8 Å². The fraction of sp³-hybridized carbons (Fsp3) is 0.600. The van der Waals surface area contributed by atoms with E-state index in [1.165, 1.54) is 10.5 Å². The zero-order valence-corrected chi connectivity index (χ0v) is 12.7. The minimum absolute atomic E-state index is 0.408. The average molecular weight is 267 g/mol. The van der Waals surface area contributed by atoms with Crippen LogP contribution in [0.25, 0.3) is 0 Å². The fourth-order valence-electron chi connectivity index (χ4n) is 1.70. The summed E-state index contributed by atoms with van der Waals surface area (Å²) < 4.78 is 0. The van der Waals surface area contributed by atoms with Gasteiger partial charge in [-0.1, -0.05) is 19.1 Å². The molecule has 0 aliphatic carbocycles. The third-order valence-electron chi connectivity index (χ3n) is 2.87. The lowest BCUT2D eigenvalue weighted by molar-refractivity contribution is 0.0778. The van der Waals surface area contributed by atoms with Crippen molar-refractivity contribution in [2.24, 2.45) is 0 Å². The van der Waals surface area contributed by atoms with Crippen molar-refractivity contribution in [2.45, 2.75) is 50.7 Å². The fourth-order valence-corrected chi connectivity index (χ4v) is 2.86. The standard InChI is InChI=1S/C15H25NOS/c1-5-16-12(2)13-6-8-14(9-7-13)18-11-10-15(3,4)17/h6-9,12,16-17H,5,10-11H2,1-4H3. The molecule has 1 aromatic rings. The van der Waals surface area contributed by atoms with Gasteiger partial charge in [0, 0.05) is 16.7 Å². The monoisotopic (exact) mass is 267 g/mol. The Hall–Kier alpha value is -0.510. The van der Waals surface area contributed by atoms with Gasteiger partial charge in [-0.15, -0.1) is 11.8 Å². The Morgan fingerprint density at radius 1 is 1.28 bits per heavy atom. The summed E-state index contributed by atoms with van der Waals surface area (Å²) in [5.74, 6) is 0.950. The third-order valence-corrected chi connectivity index (χ3v) is 3.89. The van der Waals surface area contributed by atoms with Crippen molar-refractivity contribution < 1.29 is 5.11 Å². The molecule has 0 saturated heterocycles. The summed E-state index contributed by atoms with van der Waals surface area (Å²) in [6.45, 7) is 9.00. The molecule has 0 bridgehead atoms. The molecule has 0 amide bonds. The average Bonchev–Trinajstić information content (AvgIpc) is 2.28. The summed E-state index contributed by atoms with van der Waals surface area (Å²) in [5, 5.41) is 13.1. The topological polar surface area (TPSA) is 32.3 Å². The van der Waals surface area contributed by atoms with Gasteiger partial charge in [-0.25, -0.2) is 0 Å². The van der Waals surface area contributed by atoms with Crippen LogP contribution >= 0.6 is 11.8 Å². The van der Waals surface area contributed by atoms with Crippen molar-refractivity contribution in [3.8, 4) is 0 Å². The van der Waals surface area contributed by atoms with Crippen LogP contribution in [0.2, 0.25) is 0 Å². The number of nitrogens with one attached hydrogen (secondary N) is 1. The Labute approximate surface area is 115 Å². The van der Waals surface area contributed by atoms with Crippen molar-refractivity contribution in [3.63, 3.8) is 0 Å². The maximum absolute atomic E-state index is 9.65. The van der Waals surface area contributed by atoms with E-state index in [0.29, 0.717) is 6.04 Å². The maximum atomic E-state index is 9.65. The van der Waals surface area contributed by atoms with Gasteiger partial charge in [-0.2, -0.15) is 0 Å². The lowest BCUT2D eigenvalue weighted by Gasteiger charge is -2.16. The molecular formula is C15H25NOS. The molecule has 0 aliphatic rings. The van der Waals surface area contributed by atoms with Crippen LogP contribution in [0, 0.1) is 0 Å². The van der Waals surface area contributed by atoms with Crippen LogP contribution in [-0.4, -0.2) is 23.0 Å². The number of hydrogen-bond donors (Lipinski definition) is 2. The van der Waals surface area contributed by atoms with Crippen LogP contribution in [0.5, 0.6) is 0 Å². The number of thioether (sulfide) groups is 1. The second-order valence-electron chi connectivity index (χ2n) is 5.26. The van der Waals surface area contributed by atoms with E-state index in [1.807, 2.05) is 13.8 Å². The van der Waals surface area contributed by atoms with Crippen molar-refractivity contribution in [1.29, 1.82) is 0 Å². The molecule has 0 heterocycles. The van der Waals surface area contributed by atoms with Crippen molar-refractivity contribution in [2.75, 3.05) is 12.3 Å². The van der Waals surface area contributed by atoms with Gasteiger partial charge in [0.1, 0.15) is 0 Å². The lowest BCUT2D eigenvalue weighted by Crippen LogP contribution is -2.19. The van der Waals surface area contributed by atoms with Gasteiger partial charge in [0.25, 0.3) is 0 Å². The highest BCUT2D eigenvalue weighted by Gasteiger charge is 2.11. The summed E-state index contributed by atoms with van der Waals surface area (Å²) in [4.78, 5) is 1.27. The van der Waals surface area contributed by atoms with Crippen LogP contribution in [0.4, 0.5) is 0 Å². The van der Waals surface area contributed by atoms with Crippen LogP contribution in [-0.2, 0) is 0 Å². The maximum Gasteiger partial charge on any atom is 0.0599 e. The van der Waals surface area contributed by atoms with Crippen LogP contribution in [0.15, 0.2) is 29.2 Å². The highest BCUT2D eigenvalue weighted by Crippen LogP contribution is 2.23. The summed E-state index contributed by atoms with van der Waals surface area (Å²) in [6.07, 6.45) is 0.813. The normalized spacial score (nSPS) is 13.6. The molecule has 0 radical (unpaired) electrons. The van der Waals surface area contributed by atoms with Gasteiger partial charge < -0.3 is 10.4 Å². The molecule has 0 aromatic heterocycles. The molecule has 0 saturated carbocycles. The van der Waals surface area contributed by atoms with E-state index in [1.54, 1.807) is 11.8 Å². The van der Waals surface area contributed by atoms with E-state index in [-0.39, 0.29) is 0 Å². The Morgan fingerprint density at radius 2 is 1.89 bits per heavy atom. The molecule has 0 spiro atoms. The predicted molar refractivity (Wildman–Crippen MR) is 80.2 cm³/mol. The minimum atomic E-state index is -0.563. The Bertz CT molecular complexity index is 343. The smallest absolute Gasteiger partial charge is 0.0599 e. The largest absolute Gasteiger partial charge is 0.390 e. The Balaban J connectivity index is 2.45. The summed E-state index contributed by atoms with van der Waals surface area (Å²) >= 11 is 1.80. The van der Waals surface area contributed by atoms with Crippen molar-refractivity contribution in [3.05, 3.63) is 29.8 Å². The van der Waals surface area contributed by atoms with Gasteiger partial charge in [0.15, 0.2) is 0 Å². The zero-order valence-electron chi connectivity index (χ0n) is 11.9. The van der Waals surface area contributed by atoms with E-state index >= 15 is 0 Å². The van der Waals surface area contributed by atoms with Crippen molar-refractivity contribution in [1.82, 2.24) is 5.32 Å². The second-order valence-corrected chi connectivity index (χ2v) is 6.43. The summed E-state index contributed by atoms with van der Waals surface area (Å²) in [6, 6.07) is 9.10. The first-order valence-corrected chi connectivity index (χ1v) is 7.59. The third kappa shape index (κ3) is 5.89. The molecule has 3 heteroatoms. The number of hydrogen-bond acceptors (Lipinski definition) is 3. The first kappa shape index (κ1) is 15.5. The first-order chi connectivity index (χ1) is 8.42. The lowest BCUT2D eigenvalue weighted by atomic mass is 10.1. The molecule has 1 unspecified atom stereocenters. The van der Waals surface area contributed by atoms with Gasteiger partial charge >= 0.3 is 0 Å². The number of rotatable bonds is 7. The molecule has 0 aliphatic heterocycles. The molecular weight excluding hydrogens is 242 g/mol. The minimum Gasteiger partial charge on any atom is -0.390 e. The van der Waals surface area contributed by atoms with E-state index < -0.39 is 5.60 Å². The molecule has 1 rings (SSSR count). The molecule has 2 nitrogen and oxygen atoms in total. The predicted octanol–water partition coefficient (Wildman–Crippen LogP) is 3.61. The Morgan fingerprint density at radius 3 is 2.39 bits per heavy atom. The van der Waals surface area contributed by atoms with Crippen LogP contribution in [0.1, 0.15) is 45.7 Å².